The van der Waals surface area contributed by atoms with E-state index in [1.807, 2.05) is 38.2 Å². The van der Waals surface area contributed by atoms with Gasteiger partial charge in [0.15, 0.2) is 0 Å². The molecular weight excluding hydrogens is 353 g/mol. The molecule has 0 amide bonds. The van der Waals surface area contributed by atoms with Gasteiger partial charge < -0.3 is 10.1 Å². The van der Waals surface area contributed by atoms with E-state index in [0.29, 0.717) is 6.42 Å². The minimum Gasteiger partial charge on any atom is -0.496 e. The lowest BCUT2D eigenvalue weighted by atomic mass is 10.1. The molecule has 19 heavy (non-hydrogen) atoms. The maximum Gasteiger partial charge on any atom is 0.143 e. The Balaban J connectivity index is 2.36. The fourth-order valence-corrected chi connectivity index (χ4v) is 2.39. The SMILES string of the molecule is CNc1nc(Cc2ccccc2OC)nc(C)c1I. The fraction of sp³-hybridized carbons (Fsp3) is 0.286. The summed E-state index contributed by atoms with van der Waals surface area (Å²) in [5.41, 5.74) is 2.08. The van der Waals surface area contributed by atoms with Crippen LogP contribution in [0.25, 0.3) is 0 Å². The number of nitrogens with one attached hydrogen (secondary N) is 1. The largest absolute Gasteiger partial charge is 0.496 e. The summed E-state index contributed by atoms with van der Waals surface area (Å²) in [7, 11) is 3.55. The third-order valence-electron chi connectivity index (χ3n) is 2.84. The van der Waals surface area contributed by atoms with Crippen molar-refractivity contribution in [3.05, 3.63) is 44.9 Å². The van der Waals surface area contributed by atoms with Crippen molar-refractivity contribution in [2.45, 2.75) is 13.3 Å². The van der Waals surface area contributed by atoms with E-state index in [1.165, 1.54) is 0 Å². The molecule has 0 aliphatic carbocycles. The molecule has 5 heteroatoms. The molecule has 0 saturated carbocycles. The Labute approximate surface area is 126 Å². The quantitative estimate of drug-likeness (QED) is 0.842. The molecule has 0 radical (unpaired) electrons. The lowest BCUT2D eigenvalue weighted by Gasteiger charge is -2.10. The molecule has 4 nitrogen and oxygen atoms in total. The molecule has 0 aliphatic heterocycles. The van der Waals surface area contributed by atoms with Gasteiger partial charge in [0.2, 0.25) is 0 Å². The van der Waals surface area contributed by atoms with Crippen LogP contribution in [0.15, 0.2) is 24.3 Å². The van der Waals surface area contributed by atoms with Crippen LogP contribution in [0.1, 0.15) is 17.1 Å². The van der Waals surface area contributed by atoms with E-state index in [0.717, 1.165) is 32.2 Å². The molecule has 1 aromatic carbocycles. The molecule has 2 aromatic rings. The van der Waals surface area contributed by atoms with E-state index in [9.17, 15) is 0 Å². The van der Waals surface area contributed by atoms with Gasteiger partial charge in [-0.15, -0.1) is 0 Å². The number of rotatable bonds is 4. The summed E-state index contributed by atoms with van der Waals surface area (Å²) in [6.07, 6.45) is 0.663. The number of nitrogens with zero attached hydrogens (tertiary/aromatic N) is 2. The Kier molecular flexibility index (Phi) is 4.57. The van der Waals surface area contributed by atoms with Crippen LogP contribution in [0.3, 0.4) is 0 Å². The van der Waals surface area contributed by atoms with Crippen LogP contribution in [0.4, 0.5) is 5.82 Å². The van der Waals surface area contributed by atoms with Crippen molar-refractivity contribution in [1.29, 1.82) is 0 Å². The molecule has 0 atom stereocenters. The molecule has 0 aliphatic rings. The molecule has 1 heterocycles. The molecule has 100 valence electrons. The Morgan fingerprint density at radius 3 is 2.68 bits per heavy atom. The summed E-state index contributed by atoms with van der Waals surface area (Å²) in [5, 5.41) is 3.10. The molecule has 0 saturated heterocycles. The summed E-state index contributed by atoms with van der Waals surface area (Å²) in [6, 6.07) is 7.94. The van der Waals surface area contributed by atoms with Gasteiger partial charge in [0.1, 0.15) is 17.4 Å². The van der Waals surface area contributed by atoms with Crippen molar-refractivity contribution in [3.8, 4) is 5.75 Å². The topological polar surface area (TPSA) is 47.0 Å². The Bertz CT molecular complexity index is 587. The van der Waals surface area contributed by atoms with E-state index in [1.54, 1.807) is 7.11 Å². The van der Waals surface area contributed by atoms with Crippen LogP contribution in [0.5, 0.6) is 5.75 Å². The standard InChI is InChI=1S/C14H16IN3O/c1-9-13(15)14(16-2)18-12(17-9)8-10-6-4-5-7-11(10)19-3/h4-7H,8H2,1-3H3,(H,16,17,18). The van der Waals surface area contributed by atoms with Crippen molar-refractivity contribution < 1.29 is 4.74 Å². The number of hydrogen-bond donors (Lipinski definition) is 1. The van der Waals surface area contributed by atoms with Crippen LogP contribution in [0, 0.1) is 10.5 Å². The first-order valence-corrected chi connectivity index (χ1v) is 7.06. The first-order chi connectivity index (χ1) is 9.15. The second-order valence-corrected chi connectivity index (χ2v) is 5.21. The molecular formula is C14H16IN3O. The molecule has 0 unspecified atom stereocenters. The number of aromatic nitrogens is 2. The van der Waals surface area contributed by atoms with Gasteiger partial charge in [-0.05, 0) is 35.6 Å². The molecule has 0 fully saturated rings. The van der Waals surface area contributed by atoms with Gasteiger partial charge in [-0.3, -0.25) is 0 Å². The van der Waals surface area contributed by atoms with E-state index in [4.69, 9.17) is 4.74 Å². The molecule has 2 rings (SSSR count). The van der Waals surface area contributed by atoms with Gasteiger partial charge in [-0.25, -0.2) is 9.97 Å². The molecule has 1 N–H and O–H groups in total. The van der Waals surface area contributed by atoms with Crippen LogP contribution in [-0.4, -0.2) is 24.1 Å². The van der Waals surface area contributed by atoms with Crippen molar-refractivity contribution in [1.82, 2.24) is 9.97 Å². The maximum absolute atomic E-state index is 5.36. The number of anilines is 1. The third-order valence-corrected chi connectivity index (χ3v) is 4.13. The lowest BCUT2D eigenvalue weighted by molar-refractivity contribution is 0.410. The number of hydrogen-bond acceptors (Lipinski definition) is 4. The average molecular weight is 369 g/mol. The summed E-state index contributed by atoms with van der Waals surface area (Å²) < 4.78 is 6.41. The van der Waals surface area contributed by atoms with Crippen molar-refractivity contribution in [2.24, 2.45) is 0 Å². The summed E-state index contributed by atoms with van der Waals surface area (Å²) in [5.74, 6) is 2.54. The van der Waals surface area contributed by atoms with Gasteiger partial charge in [0, 0.05) is 19.0 Å². The number of benzene rings is 1. The highest BCUT2D eigenvalue weighted by Gasteiger charge is 2.10. The predicted molar refractivity (Wildman–Crippen MR) is 84.8 cm³/mol. The summed E-state index contributed by atoms with van der Waals surface area (Å²) in [6.45, 7) is 2.00. The highest BCUT2D eigenvalue weighted by molar-refractivity contribution is 14.1. The Morgan fingerprint density at radius 1 is 1.26 bits per heavy atom. The van der Waals surface area contributed by atoms with Gasteiger partial charge in [0.05, 0.1) is 16.4 Å². The fourth-order valence-electron chi connectivity index (χ4n) is 1.88. The first-order valence-electron chi connectivity index (χ1n) is 5.98. The van der Waals surface area contributed by atoms with Gasteiger partial charge >= 0.3 is 0 Å². The van der Waals surface area contributed by atoms with Gasteiger partial charge in [-0.1, -0.05) is 18.2 Å². The average Bonchev–Trinajstić information content (AvgIpc) is 2.43. The lowest BCUT2D eigenvalue weighted by Crippen LogP contribution is -2.06. The molecule has 0 spiro atoms. The van der Waals surface area contributed by atoms with Crippen LogP contribution in [0.2, 0.25) is 0 Å². The minimum absolute atomic E-state index is 0.663. The normalized spacial score (nSPS) is 10.3. The number of para-hydroxylation sites is 1. The first kappa shape index (κ1) is 14.0. The van der Waals surface area contributed by atoms with Crippen molar-refractivity contribution in [2.75, 3.05) is 19.5 Å². The van der Waals surface area contributed by atoms with E-state index in [-0.39, 0.29) is 0 Å². The van der Waals surface area contributed by atoms with Gasteiger partial charge in [-0.2, -0.15) is 0 Å². The number of methoxy groups -OCH3 is 1. The second-order valence-electron chi connectivity index (χ2n) is 4.13. The van der Waals surface area contributed by atoms with Crippen LogP contribution < -0.4 is 10.1 Å². The Hall–Kier alpha value is -1.37. The smallest absolute Gasteiger partial charge is 0.143 e. The van der Waals surface area contributed by atoms with Crippen molar-refractivity contribution in [3.63, 3.8) is 0 Å². The highest BCUT2D eigenvalue weighted by atomic mass is 127. The van der Waals surface area contributed by atoms with Gasteiger partial charge in [0.25, 0.3) is 0 Å². The molecule has 1 aromatic heterocycles. The highest BCUT2D eigenvalue weighted by Crippen LogP contribution is 2.22. The van der Waals surface area contributed by atoms with E-state index in [2.05, 4.69) is 37.9 Å². The zero-order valence-electron chi connectivity index (χ0n) is 11.2. The minimum atomic E-state index is 0.663. The number of aryl methyl sites for hydroxylation is 1. The Morgan fingerprint density at radius 2 is 2.00 bits per heavy atom. The van der Waals surface area contributed by atoms with Crippen molar-refractivity contribution >= 4 is 28.4 Å². The zero-order valence-corrected chi connectivity index (χ0v) is 13.4. The van der Waals surface area contributed by atoms with Crippen LogP contribution in [-0.2, 0) is 6.42 Å². The molecule has 0 bridgehead atoms. The summed E-state index contributed by atoms with van der Waals surface area (Å²) >= 11 is 2.25. The zero-order chi connectivity index (χ0) is 13.8. The predicted octanol–water partition coefficient (Wildman–Crippen LogP) is 3.03. The summed E-state index contributed by atoms with van der Waals surface area (Å²) in [4.78, 5) is 9.07. The number of halogens is 1. The van der Waals surface area contributed by atoms with E-state index >= 15 is 0 Å². The third kappa shape index (κ3) is 3.15. The number of ether oxygens (including phenoxy) is 1. The van der Waals surface area contributed by atoms with E-state index < -0.39 is 0 Å². The maximum atomic E-state index is 5.36. The second kappa shape index (κ2) is 6.18. The van der Waals surface area contributed by atoms with Crippen LogP contribution >= 0.6 is 22.6 Å². The monoisotopic (exact) mass is 369 g/mol.